The third kappa shape index (κ3) is 5.49. The zero-order valence-corrected chi connectivity index (χ0v) is 29.0. The number of hydrogen-bond acceptors (Lipinski definition) is 2. The van der Waals surface area contributed by atoms with Gasteiger partial charge in [-0.3, -0.25) is 0 Å². The Morgan fingerprint density at radius 2 is 0.736 bits per heavy atom. The SMILES string of the molecule is c1ccc(Nc2c3ccccc3c(-c3cc(-c4ccccc4)cc(-c4ccccc4)c3)c3cc(-c4c5ccccc5nc5ccccc45)ccc23)cc1. The van der Waals surface area contributed by atoms with Crippen LogP contribution in [0.2, 0.25) is 0 Å². The highest BCUT2D eigenvalue weighted by Crippen LogP contribution is 2.47. The molecule has 0 aliphatic heterocycles. The Labute approximate surface area is 308 Å². The number of aromatic nitrogens is 1. The van der Waals surface area contributed by atoms with Crippen molar-refractivity contribution in [3.8, 4) is 44.5 Å². The van der Waals surface area contributed by atoms with E-state index in [0.29, 0.717) is 0 Å². The molecule has 0 saturated heterocycles. The van der Waals surface area contributed by atoms with Crippen LogP contribution in [0.15, 0.2) is 200 Å². The van der Waals surface area contributed by atoms with Crippen molar-refractivity contribution in [3.05, 3.63) is 200 Å². The van der Waals surface area contributed by atoms with Crippen molar-refractivity contribution in [1.29, 1.82) is 0 Å². The molecular weight excluding hydrogens is 641 g/mol. The number of pyridine rings is 1. The first kappa shape index (κ1) is 30.8. The van der Waals surface area contributed by atoms with Crippen LogP contribution in [0.25, 0.3) is 87.9 Å². The lowest BCUT2D eigenvalue weighted by molar-refractivity contribution is 1.49. The Balaban J connectivity index is 1.33. The van der Waals surface area contributed by atoms with E-state index in [9.17, 15) is 0 Å². The monoisotopic (exact) mass is 674 g/mol. The molecule has 0 aliphatic rings. The fraction of sp³-hybridized carbons (Fsp3) is 0. The van der Waals surface area contributed by atoms with Gasteiger partial charge in [-0.05, 0) is 98.2 Å². The van der Waals surface area contributed by atoms with E-state index in [2.05, 4.69) is 206 Å². The molecule has 0 unspecified atom stereocenters. The Kier molecular flexibility index (Phi) is 7.51. The van der Waals surface area contributed by atoms with Gasteiger partial charge in [-0.15, -0.1) is 0 Å². The molecule has 0 radical (unpaired) electrons. The molecular formula is C51H34N2. The average molecular weight is 675 g/mol. The fourth-order valence-electron chi connectivity index (χ4n) is 7.96. The number of benzene rings is 9. The van der Waals surface area contributed by atoms with Gasteiger partial charge in [0.05, 0.1) is 16.7 Å². The molecule has 53 heavy (non-hydrogen) atoms. The summed E-state index contributed by atoms with van der Waals surface area (Å²) in [5.41, 5.74) is 13.7. The van der Waals surface area contributed by atoms with Gasteiger partial charge >= 0.3 is 0 Å². The van der Waals surface area contributed by atoms with Crippen molar-refractivity contribution >= 4 is 54.7 Å². The van der Waals surface area contributed by atoms with Gasteiger partial charge in [0, 0.05) is 32.8 Å². The number of para-hydroxylation sites is 3. The molecule has 248 valence electrons. The number of nitrogens with zero attached hydrogens (tertiary/aromatic N) is 1. The van der Waals surface area contributed by atoms with Gasteiger partial charge in [-0.25, -0.2) is 4.98 Å². The second-order valence-electron chi connectivity index (χ2n) is 13.6. The Bertz CT molecular complexity index is 2840. The van der Waals surface area contributed by atoms with Crippen LogP contribution in [0.3, 0.4) is 0 Å². The molecule has 0 spiro atoms. The van der Waals surface area contributed by atoms with Gasteiger partial charge in [-0.2, -0.15) is 0 Å². The number of anilines is 2. The molecule has 0 fully saturated rings. The van der Waals surface area contributed by atoms with E-state index in [0.717, 1.165) is 38.7 Å². The van der Waals surface area contributed by atoms with Gasteiger partial charge in [-0.1, -0.05) is 152 Å². The molecule has 1 aromatic heterocycles. The lowest BCUT2D eigenvalue weighted by Crippen LogP contribution is -1.97. The first-order chi connectivity index (χ1) is 26.3. The molecule has 9 aromatic carbocycles. The topological polar surface area (TPSA) is 24.9 Å². The van der Waals surface area contributed by atoms with E-state index in [1.165, 1.54) is 60.5 Å². The summed E-state index contributed by atoms with van der Waals surface area (Å²) in [7, 11) is 0. The Morgan fingerprint density at radius 3 is 1.34 bits per heavy atom. The van der Waals surface area contributed by atoms with Crippen LogP contribution in [-0.2, 0) is 0 Å². The minimum atomic E-state index is 0.995. The molecule has 10 rings (SSSR count). The lowest BCUT2D eigenvalue weighted by Gasteiger charge is -2.21. The number of hydrogen-bond donors (Lipinski definition) is 1. The Hall–Kier alpha value is -7.03. The maximum absolute atomic E-state index is 5.06. The zero-order valence-electron chi connectivity index (χ0n) is 29.0. The van der Waals surface area contributed by atoms with Crippen molar-refractivity contribution in [2.75, 3.05) is 5.32 Å². The quantitative estimate of drug-likeness (QED) is 0.178. The number of rotatable bonds is 6. The van der Waals surface area contributed by atoms with Crippen molar-refractivity contribution in [2.24, 2.45) is 0 Å². The lowest BCUT2D eigenvalue weighted by atomic mass is 9.85. The first-order valence-electron chi connectivity index (χ1n) is 18.1. The minimum Gasteiger partial charge on any atom is -0.355 e. The zero-order chi connectivity index (χ0) is 35.1. The molecule has 2 nitrogen and oxygen atoms in total. The van der Waals surface area contributed by atoms with Gasteiger partial charge < -0.3 is 5.32 Å². The highest BCUT2D eigenvalue weighted by atomic mass is 14.9. The second-order valence-corrected chi connectivity index (χ2v) is 13.6. The summed E-state index contributed by atoms with van der Waals surface area (Å²) in [6.07, 6.45) is 0. The summed E-state index contributed by atoms with van der Waals surface area (Å²) in [6.45, 7) is 0. The molecule has 10 aromatic rings. The van der Waals surface area contributed by atoms with Crippen LogP contribution in [0, 0.1) is 0 Å². The van der Waals surface area contributed by atoms with Crippen LogP contribution in [0.1, 0.15) is 0 Å². The summed E-state index contributed by atoms with van der Waals surface area (Å²) < 4.78 is 0. The smallest absolute Gasteiger partial charge is 0.0715 e. The third-order valence-corrected chi connectivity index (χ3v) is 10.4. The third-order valence-electron chi connectivity index (χ3n) is 10.4. The molecule has 1 N–H and O–H groups in total. The summed E-state index contributed by atoms with van der Waals surface area (Å²) in [5, 5.41) is 10.9. The van der Waals surface area contributed by atoms with Gasteiger partial charge in [0.25, 0.3) is 0 Å². The maximum Gasteiger partial charge on any atom is 0.0715 e. The molecule has 0 aliphatic carbocycles. The van der Waals surface area contributed by atoms with Gasteiger partial charge in [0.15, 0.2) is 0 Å². The summed E-state index contributed by atoms with van der Waals surface area (Å²) in [6, 6.07) is 71.9. The highest BCUT2D eigenvalue weighted by molar-refractivity contribution is 6.23. The molecule has 2 heteroatoms. The van der Waals surface area contributed by atoms with Crippen LogP contribution >= 0.6 is 0 Å². The maximum atomic E-state index is 5.06. The summed E-state index contributed by atoms with van der Waals surface area (Å²) >= 11 is 0. The second kappa shape index (κ2) is 12.9. The Morgan fingerprint density at radius 1 is 0.283 bits per heavy atom. The highest BCUT2D eigenvalue weighted by Gasteiger charge is 2.20. The summed E-state index contributed by atoms with van der Waals surface area (Å²) in [5.74, 6) is 0. The average Bonchev–Trinajstić information content (AvgIpc) is 3.23. The molecule has 1 heterocycles. The van der Waals surface area contributed by atoms with E-state index in [1.54, 1.807) is 0 Å². The van der Waals surface area contributed by atoms with Crippen LogP contribution in [0.5, 0.6) is 0 Å². The summed E-state index contributed by atoms with van der Waals surface area (Å²) in [4.78, 5) is 5.06. The van der Waals surface area contributed by atoms with E-state index in [-0.39, 0.29) is 0 Å². The molecule has 0 saturated carbocycles. The van der Waals surface area contributed by atoms with E-state index in [4.69, 9.17) is 4.98 Å². The predicted molar refractivity (Wildman–Crippen MR) is 226 cm³/mol. The van der Waals surface area contributed by atoms with Crippen molar-refractivity contribution in [2.45, 2.75) is 0 Å². The molecule has 0 bridgehead atoms. The van der Waals surface area contributed by atoms with Crippen LogP contribution in [0.4, 0.5) is 11.4 Å². The minimum absolute atomic E-state index is 0.995. The first-order valence-corrected chi connectivity index (χ1v) is 18.1. The van der Waals surface area contributed by atoms with E-state index < -0.39 is 0 Å². The molecule has 0 atom stereocenters. The predicted octanol–water partition coefficient (Wildman–Crippen LogP) is 14.1. The van der Waals surface area contributed by atoms with E-state index >= 15 is 0 Å². The van der Waals surface area contributed by atoms with Crippen molar-refractivity contribution in [3.63, 3.8) is 0 Å². The fourth-order valence-corrected chi connectivity index (χ4v) is 7.96. The van der Waals surface area contributed by atoms with E-state index in [1.807, 2.05) is 0 Å². The largest absolute Gasteiger partial charge is 0.355 e. The van der Waals surface area contributed by atoms with Crippen molar-refractivity contribution < 1.29 is 0 Å². The number of fused-ring (bicyclic) bond motifs is 4. The van der Waals surface area contributed by atoms with Crippen LogP contribution < -0.4 is 5.32 Å². The van der Waals surface area contributed by atoms with Gasteiger partial charge in [0.2, 0.25) is 0 Å². The number of nitrogens with one attached hydrogen (secondary N) is 1. The van der Waals surface area contributed by atoms with Crippen molar-refractivity contribution in [1.82, 2.24) is 4.98 Å². The normalized spacial score (nSPS) is 11.4. The van der Waals surface area contributed by atoms with Crippen LogP contribution in [-0.4, -0.2) is 4.98 Å². The molecule has 0 amide bonds. The van der Waals surface area contributed by atoms with Gasteiger partial charge in [0.1, 0.15) is 0 Å². The standard InChI is InChI=1S/C51H34N2/c1-4-16-34(17-5-1)37-30-38(35-18-6-2-7-19-35)32-39(31-37)50-41-22-10-11-23-42(41)51(52-40-20-8-3-9-21-40)43-29-28-36(33-46(43)50)49-44-24-12-14-26-47(44)53-48-27-15-13-25-45(48)49/h1-33,52H.